The molecule has 1 fully saturated rings. The zero-order valence-electron chi connectivity index (χ0n) is 15.0. The number of rotatable bonds is 9. The zero-order valence-corrected chi connectivity index (χ0v) is 16.7. The minimum Gasteiger partial charge on any atom is -0.343 e. The van der Waals surface area contributed by atoms with E-state index in [1.165, 1.54) is 22.9 Å². The predicted octanol–water partition coefficient (Wildman–Crippen LogP) is 5.24. The lowest BCUT2D eigenvalue weighted by molar-refractivity contribution is -0.126. The molecule has 6 heteroatoms. The predicted molar refractivity (Wildman–Crippen MR) is 103 cm³/mol. The van der Waals surface area contributed by atoms with Crippen LogP contribution in [0.1, 0.15) is 45.6 Å². The van der Waals surface area contributed by atoms with Crippen LogP contribution in [0.4, 0.5) is 8.78 Å². The molecule has 0 aromatic heterocycles. The van der Waals surface area contributed by atoms with Crippen molar-refractivity contribution in [2.24, 2.45) is 23.7 Å². The van der Waals surface area contributed by atoms with Gasteiger partial charge in [0.2, 0.25) is 5.91 Å². The van der Waals surface area contributed by atoms with Crippen molar-refractivity contribution in [3.05, 3.63) is 35.4 Å². The van der Waals surface area contributed by atoms with E-state index in [1.54, 1.807) is 0 Å². The van der Waals surface area contributed by atoms with Gasteiger partial charge in [-0.15, -0.1) is 11.7 Å². The first kappa shape index (κ1) is 20.6. The molecule has 1 N–H and O–H groups in total. The first-order chi connectivity index (χ1) is 11.8. The molecule has 0 spiro atoms. The third kappa shape index (κ3) is 6.48. The minimum absolute atomic E-state index is 0.0243. The van der Waals surface area contributed by atoms with Crippen LogP contribution < -0.4 is 5.32 Å². The Bertz CT molecular complexity index is 577. The second kappa shape index (κ2) is 9.26. The fourth-order valence-electron chi connectivity index (χ4n) is 3.12. The SMILES string of the molecule is CC(C)C(NC(=O)C(CCc1cc(F)cc(F)c1)CC1CC1C)SS. The molecule has 4 atom stereocenters. The first-order valence-corrected chi connectivity index (χ1v) is 10.8. The number of aryl methyl sites for hydroxylation is 1. The Morgan fingerprint density at radius 3 is 2.40 bits per heavy atom. The molecule has 2 rings (SSSR count). The Morgan fingerprint density at radius 1 is 1.32 bits per heavy atom. The van der Waals surface area contributed by atoms with Gasteiger partial charge in [-0.3, -0.25) is 4.79 Å². The van der Waals surface area contributed by atoms with Gasteiger partial charge in [0.1, 0.15) is 11.6 Å². The van der Waals surface area contributed by atoms with E-state index in [-0.39, 0.29) is 23.1 Å². The van der Waals surface area contributed by atoms with E-state index in [0.717, 1.165) is 18.9 Å². The molecule has 25 heavy (non-hydrogen) atoms. The van der Waals surface area contributed by atoms with Gasteiger partial charge in [0.05, 0.1) is 5.37 Å². The Balaban J connectivity index is 2.00. The summed E-state index contributed by atoms with van der Waals surface area (Å²) in [5.41, 5.74) is 0.600. The molecule has 4 unspecified atom stereocenters. The molecule has 2 nitrogen and oxygen atoms in total. The van der Waals surface area contributed by atoms with Crippen molar-refractivity contribution in [3.8, 4) is 0 Å². The van der Waals surface area contributed by atoms with Crippen LogP contribution in [0.3, 0.4) is 0 Å². The second-order valence-electron chi connectivity index (χ2n) is 7.50. The van der Waals surface area contributed by atoms with Crippen molar-refractivity contribution >= 4 is 28.4 Å². The van der Waals surface area contributed by atoms with E-state index in [9.17, 15) is 13.6 Å². The molecule has 0 saturated heterocycles. The van der Waals surface area contributed by atoms with E-state index in [2.05, 4.69) is 23.9 Å². The van der Waals surface area contributed by atoms with E-state index in [4.69, 9.17) is 0 Å². The van der Waals surface area contributed by atoms with Crippen LogP contribution >= 0.6 is 22.5 Å². The largest absolute Gasteiger partial charge is 0.343 e. The van der Waals surface area contributed by atoms with Crippen LogP contribution in [0.25, 0.3) is 0 Å². The summed E-state index contributed by atoms with van der Waals surface area (Å²) in [5.74, 6) is 0.281. The number of nitrogens with one attached hydrogen (secondary N) is 1. The second-order valence-corrected chi connectivity index (χ2v) is 8.85. The first-order valence-electron chi connectivity index (χ1n) is 8.85. The lowest BCUT2D eigenvalue weighted by Crippen LogP contribution is -2.39. The van der Waals surface area contributed by atoms with Gasteiger partial charge in [0.25, 0.3) is 0 Å². The topological polar surface area (TPSA) is 29.1 Å². The molecular weight excluding hydrogens is 360 g/mol. The number of carbonyl (C=O) groups excluding carboxylic acids is 1. The summed E-state index contributed by atoms with van der Waals surface area (Å²) in [6.45, 7) is 6.28. The number of halogens is 2. The fraction of sp³-hybridized carbons (Fsp3) is 0.632. The third-order valence-corrected chi connectivity index (χ3v) is 6.51. The van der Waals surface area contributed by atoms with Crippen LogP contribution in [-0.2, 0) is 11.2 Å². The molecule has 0 bridgehead atoms. The maximum Gasteiger partial charge on any atom is 0.224 e. The quantitative estimate of drug-likeness (QED) is 0.345. The van der Waals surface area contributed by atoms with Crippen molar-refractivity contribution in [1.29, 1.82) is 0 Å². The van der Waals surface area contributed by atoms with Crippen molar-refractivity contribution in [2.75, 3.05) is 0 Å². The monoisotopic (exact) mass is 387 g/mol. The van der Waals surface area contributed by atoms with Gasteiger partial charge in [-0.2, -0.15) is 0 Å². The number of hydrogen-bond donors (Lipinski definition) is 2. The highest BCUT2D eigenvalue weighted by Gasteiger charge is 2.36. The van der Waals surface area contributed by atoms with Crippen LogP contribution in [0, 0.1) is 35.3 Å². The zero-order chi connectivity index (χ0) is 18.6. The summed E-state index contributed by atoms with van der Waals surface area (Å²) in [5, 5.41) is 3.03. The van der Waals surface area contributed by atoms with E-state index < -0.39 is 11.6 Å². The standard InChI is InChI=1S/C19H27F2NOS2/c1-11(2)19(25-24)22-18(23)14(9-15-6-12(15)3)5-4-13-7-16(20)10-17(21)8-13/h7-8,10-12,14-15,19,24H,4-6,9H2,1-3H3,(H,22,23). The van der Waals surface area contributed by atoms with Gasteiger partial charge < -0.3 is 5.32 Å². The van der Waals surface area contributed by atoms with Crippen LogP contribution in [0.15, 0.2) is 18.2 Å². The molecule has 1 aliphatic rings. The smallest absolute Gasteiger partial charge is 0.224 e. The van der Waals surface area contributed by atoms with E-state index in [1.807, 2.05) is 13.8 Å². The highest BCUT2D eigenvalue weighted by molar-refractivity contribution is 8.68. The van der Waals surface area contributed by atoms with Gasteiger partial charge in [-0.05, 0) is 61.1 Å². The lowest BCUT2D eigenvalue weighted by atomic mass is 9.92. The van der Waals surface area contributed by atoms with Crippen molar-refractivity contribution in [2.45, 2.75) is 51.8 Å². The van der Waals surface area contributed by atoms with Gasteiger partial charge in [0.15, 0.2) is 0 Å². The number of benzene rings is 1. The molecular formula is C19H27F2NOS2. The lowest BCUT2D eigenvalue weighted by Gasteiger charge is -2.23. The van der Waals surface area contributed by atoms with Crippen molar-refractivity contribution in [3.63, 3.8) is 0 Å². The Hall–Kier alpha value is -0.750. The molecule has 140 valence electrons. The van der Waals surface area contributed by atoms with Crippen LogP contribution in [0.5, 0.6) is 0 Å². The number of amides is 1. The average molecular weight is 388 g/mol. The third-order valence-electron chi connectivity index (χ3n) is 4.94. The van der Waals surface area contributed by atoms with Crippen LogP contribution in [0.2, 0.25) is 0 Å². The van der Waals surface area contributed by atoms with Crippen molar-refractivity contribution in [1.82, 2.24) is 5.32 Å². The molecule has 1 saturated carbocycles. The molecule has 1 aromatic carbocycles. The Labute approximate surface area is 158 Å². The van der Waals surface area contributed by atoms with Gasteiger partial charge in [-0.25, -0.2) is 8.78 Å². The Kier molecular flexibility index (Phi) is 7.62. The molecule has 1 aromatic rings. The number of thiol groups is 1. The molecule has 1 aliphatic carbocycles. The summed E-state index contributed by atoms with van der Waals surface area (Å²) >= 11 is 4.25. The van der Waals surface area contributed by atoms with E-state index >= 15 is 0 Å². The van der Waals surface area contributed by atoms with Gasteiger partial charge >= 0.3 is 0 Å². The highest BCUT2D eigenvalue weighted by atomic mass is 33.1. The van der Waals surface area contributed by atoms with Crippen LogP contribution in [-0.4, -0.2) is 11.3 Å². The molecule has 0 heterocycles. The fourth-order valence-corrected chi connectivity index (χ4v) is 4.42. The minimum atomic E-state index is -0.571. The maximum absolute atomic E-state index is 13.4. The summed E-state index contributed by atoms with van der Waals surface area (Å²) in [6, 6.07) is 3.56. The summed E-state index contributed by atoms with van der Waals surface area (Å²) in [4.78, 5) is 12.7. The molecule has 1 amide bonds. The van der Waals surface area contributed by atoms with Gasteiger partial charge in [0, 0.05) is 12.0 Å². The highest BCUT2D eigenvalue weighted by Crippen LogP contribution is 2.43. The summed E-state index contributed by atoms with van der Waals surface area (Å²) in [7, 11) is 1.34. The van der Waals surface area contributed by atoms with E-state index in [0.29, 0.717) is 30.2 Å². The maximum atomic E-state index is 13.4. The van der Waals surface area contributed by atoms with Gasteiger partial charge in [-0.1, -0.05) is 31.6 Å². The molecule has 0 aliphatic heterocycles. The summed E-state index contributed by atoms with van der Waals surface area (Å²) < 4.78 is 26.7. The van der Waals surface area contributed by atoms with Crippen molar-refractivity contribution < 1.29 is 13.6 Å². The number of hydrogen-bond acceptors (Lipinski definition) is 3. The normalized spacial score (nSPS) is 21.9. The Morgan fingerprint density at radius 2 is 1.92 bits per heavy atom. The summed E-state index contributed by atoms with van der Waals surface area (Å²) in [6.07, 6.45) is 3.09. The molecule has 0 radical (unpaired) electrons. The number of carbonyl (C=O) groups is 1. The average Bonchev–Trinajstić information content (AvgIpc) is 3.22.